The average molecular weight is 336 g/mol. The van der Waals surface area contributed by atoms with Gasteiger partial charge >= 0.3 is 0 Å². The highest BCUT2D eigenvalue weighted by Crippen LogP contribution is 2.36. The third-order valence-corrected chi connectivity index (χ3v) is 4.74. The van der Waals surface area contributed by atoms with E-state index in [4.69, 9.17) is 11.6 Å². The third kappa shape index (κ3) is 2.85. The molecule has 1 saturated heterocycles. The second kappa shape index (κ2) is 6.32. The first-order chi connectivity index (χ1) is 11.0. The van der Waals surface area contributed by atoms with E-state index in [1.165, 1.54) is 7.05 Å². The first-order valence-corrected chi connectivity index (χ1v) is 8.13. The summed E-state index contributed by atoms with van der Waals surface area (Å²) in [7, 11) is 1.50. The van der Waals surface area contributed by atoms with E-state index in [2.05, 4.69) is 5.10 Å². The molecule has 23 heavy (non-hydrogen) atoms. The molecule has 0 spiro atoms. The van der Waals surface area contributed by atoms with Crippen molar-refractivity contribution >= 4 is 17.5 Å². The van der Waals surface area contributed by atoms with Crippen molar-refractivity contribution in [2.75, 3.05) is 6.54 Å². The highest BCUT2D eigenvalue weighted by molar-refractivity contribution is 6.31. The molecular formula is C17H19ClFN3O. The van der Waals surface area contributed by atoms with Crippen molar-refractivity contribution in [3.63, 3.8) is 0 Å². The zero-order chi connectivity index (χ0) is 16.6. The number of halogens is 2. The Hall–Kier alpha value is -1.88. The molecule has 1 aromatic heterocycles. The molecular weight excluding hydrogens is 317 g/mol. The van der Waals surface area contributed by atoms with Crippen molar-refractivity contribution < 1.29 is 9.18 Å². The minimum absolute atomic E-state index is 0.0615. The van der Waals surface area contributed by atoms with Crippen LogP contribution in [0.25, 0.3) is 0 Å². The van der Waals surface area contributed by atoms with Crippen molar-refractivity contribution in [1.82, 2.24) is 14.7 Å². The van der Waals surface area contributed by atoms with Crippen LogP contribution in [0, 0.1) is 12.9 Å². The number of amides is 1. The molecule has 2 aromatic rings. The number of hydrogen-bond donors (Lipinski definition) is 0. The van der Waals surface area contributed by atoms with Gasteiger partial charge in [0.2, 0.25) is 5.95 Å². The summed E-state index contributed by atoms with van der Waals surface area (Å²) in [4.78, 5) is 14.7. The van der Waals surface area contributed by atoms with Gasteiger partial charge in [-0.15, -0.1) is 0 Å². The van der Waals surface area contributed by atoms with Gasteiger partial charge in [0.1, 0.15) is 5.56 Å². The number of rotatable bonds is 2. The van der Waals surface area contributed by atoms with Gasteiger partial charge in [-0.05, 0) is 37.8 Å². The Kier molecular flexibility index (Phi) is 4.39. The molecule has 0 radical (unpaired) electrons. The summed E-state index contributed by atoms with van der Waals surface area (Å²) in [5.41, 5.74) is 1.40. The number of aryl methyl sites for hydroxylation is 2. The van der Waals surface area contributed by atoms with Crippen molar-refractivity contribution in [2.24, 2.45) is 7.05 Å². The number of aromatic nitrogens is 2. The quantitative estimate of drug-likeness (QED) is 0.835. The Labute approximate surface area is 139 Å². The maximum atomic E-state index is 14.3. The summed E-state index contributed by atoms with van der Waals surface area (Å²) >= 11 is 6.31. The lowest BCUT2D eigenvalue weighted by Crippen LogP contribution is -2.39. The average Bonchev–Trinajstić information content (AvgIpc) is 2.80. The van der Waals surface area contributed by atoms with Crippen molar-refractivity contribution in [2.45, 2.75) is 32.2 Å². The predicted octanol–water partition coefficient (Wildman–Crippen LogP) is 3.89. The Morgan fingerprint density at radius 1 is 1.35 bits per heavy atom. The summed E-state index contributed by atoms with van der Waals surface area (Å²) in [6.45, 7) is 2.26. The van der Waals surface area contributed by atoms with Crippen LogP contribution >= 0.6 is 11.6 Å². The molecule has 0 aliphatic carbocycles. The number of nitrogens with zero attached hydrogens (tertiary/aromatic N) is 3. The third-order valence-electron chi connectivity index (χ3n) is 4.39. The summed E-state index contributed by atoms with van der Waals surface area (Å²) in [5.74, 6) is -0.895. The monoisotopic (exact) mass is 335 g/mol. The van der Waals surface area contributed by atoms with Gasteiger partial charge in [0.15, 0.2) is 0 Å². The highest BCUT2D eigenvalue weighted by Gasteiger charge is 2.33. The largest absolute Gasteiger partial charge is 0.331 e. The van der Waals surface area contributed by atoms with Crippen LogP contribution in [0.5, 0.6) is 0 Å². The molecule has 1 aliphatic rings. The second-order valence-electron chi connectivity index (χ2n) is 5.91. The number of carbonyl (C=O) groups is 1. The van der Waals surface area contributed by atoms with Gasteiger partial charge in [-0.25, -0.2) is 4.68 Å². The number of likely N-dealkylation sites (tertiary alicyclic amines) is 1. The van der Waals surface area contributed by atoms with Gasteiger partial charge in [0.05, 0.1) is 11.7 Å². The van der Waals surface area contributed by atoms with Crippen molar-refractivity contribution in [3.8, 4) is 0 Å². The van der Waals surface area contributed by atoms with E-state index in [0.717, 1.165) is 29.5 Å². The molecule has 1 aliphatic heterocycles. The van der Waals surface area contributed by atoms with E-state index in [1.54, 1.807) is 11.8 Å². The SMILES string of the molecule is Cc1nn(C)c(F)c1C(=O)N1CCCCC1c1ccccc1Cl. The molecule has 4 nitrogen and oxygen atoms in total. The number of carbonyl (C=O) groups excluding carboxylic acids is 1. The van der Waals surface area contributed by atoms with Gasteiger partial charge in [0.25, 0.3) is 5.91 Å². The van der Waals surface area contributed by atoms with E-state index in [-0.39, 0.29) is 17.5 Å². The minimum atomic E-state index is -0.587. The molecule has 1 aromatic carbocycles. The normalized spacial score (nSPS) is 18.3. The van der Waals surface area contributed by atoms with Gasteiger partial charge in [-0.2, -0.15) is 9.49 Å². The zero-order valence-corrected chi connectivity index (χ0v) is 14.0. The van der Waals surface area contributed by atoms with E-state index in [1.807, 2.05) is 24.3 Å². The first kappa shape index (κ1) is 16.0. The number of benzene rings is 1. The van der Waals surface area contributed by atoms with E-state index >= 15 is 0 Å². The molecule has 6 heteroatoms. The summed E-state index contributed by atoms with van der Waals surface area (Å²) < 4.78 is 15.4. The first-order valence-electron chi connectivity index (χ1n) is 7.75. The van der Waals surface area contributed by atoms with Gasteiger partial charge < -0.3 is 4.90 Å². The van der Waals surface area contributed by atoms with E-state index in [0.29, 0.717) is 17.3 Å². The fraction of sp³-hybridized carbons (Fsp3) is 0.412. The lowest BCUT2D eigenvalue weighted by atomic mass is 9.94. The molecule has 0 saturated carbocycles. The Balaban J connectivity index is 1.99. The zero-order valence-electron chi connectivity index (χ0n) is 13.2. The van der Waals surface area contributed by atoms with E-state index < -0.39 is 5.95 Å². The molecule has 1 atom stereocenters. The Morgan fingerprint density at radius 3 is 2.74 bits per heavy atom. The number of hydrogen-bond acceptors (Lipinski definition) is 2. The maximum absolute atomic E-state index is 14.3. The molecule has 0 bridgehead atoms. The predicted molar refractivity (Wildman–Crippen MR) is 87.0 cm³/mol. The standard InChI is InChI=1S/C17H19ClFN3O/c1-11-15(16(19)21(2)20-11)17(23)22-10-6-5-9-14(22)12-7-3-4-8-13(12)18/h3-4,7-8,14H,5-6,9-10H2,1-2H3. The Morgan fingerprint density at radius 2 is 2.09 bits per heavy atom. The van der Waals surface area contributed by atoms with Crippen LogP contribution in [0.2, 0.25) is 5.02 Å². The molecule has 1 unspecified atom stereocenters. The fourth-order valence-electron chi connectivity index (χ4n) is 3.26. The summed E-state index contributed by atoms with van der Waals surface area (Å²) in [6, 6.07) is 7.42. The Bertz CT molecular complexity index is 743. The number of piperidine rings is 1. The van der Waals surface area contributed by atoms with Crippen LogP contribution in [0.3, 0.4) is 0 Å². The van der Waals surface area contributed by atoms with Gasteiger partial charge in [-0.1, -0.05) is 29.8 Å². The molecule has 1 fully saturated rings. The lowest BCUT2D eigenvalue weighted by Gasteiger charge is -2.36. The molecule has 1 amide bonds. The molecule has 122 valence electrons. The molecule has 3 rings (SSSR count). The molecule has 2 heterocycles. The van der Waals surface area contributed by atoms with E-state index in [9.17, 15) is 9.18 Å². The van der Waals surface area contributed by atoms with Crippen LogP contribution in [-0.2, 0) is 7.05 Å². The van der Waals surface area contributed by atoms with Crippen LogP contribution in [-0.4, -0.2) is 27.1 Å². The highest BCUT2D eigenvalue weighted by atomic mass is 35.5. The van der Waals surface area contributed by atoms with Crippen LogP contribution in [0.1, 0.15) is 46.9 Å². The maximum Gasteiger partial charge on any atom is 0.260 e. The summed E-state index contributed by atoms with van der Waals surface area (Å²) in [5, 5.41) is 4.65. The van der Waals surface area contributed by atoms with Crippen LogP contribution in [0.4, 0.5) is 4.39 Å². The second-order valence-corrected chi connectivity index (χ2v) is 6.31. The van der Waals surface area contributed by atoms with Gasteiger partial charge in [0, 0.05) is 18.6 Å². The smallest absolute Gasteiger partial charge is 0.260 e. The van der Waals surface area contributed by atoms with Crippen molar-refractivity contribution in [1.29, 1.82) is 0 Å². The minimum Gasteiger partial charge on any atom is -0.331 e. The lowest BCUT2D eigenvalue weighted by molar-refractivity contribution is 0.0605. The summed E-state index contributed by atoms with van der Waals surface area (Å²) in [6.07, 6.45) is 2.76. The van der Waals surface area contributed by atoms with Crippen molar-refractivity contribution in [3.05, 3.63) is 52.1 Å². The topological polar surface area (TPSA) is 38.1 Å². The van der Waals surface area contributed by atoms with Gasteiger partial charge in [-0.3, -0.25) is 4.79 Å². The molecule has 0 N–H and O–H groups in total. The fourth-order valence-corrected chi connectivity index (χ4v) is 3.52. The van der Waals surface area contributed by atoms with Crippen LogP contribution < -0.4 is 0 Å². The van der Waals surface area contributed by atoms with Crippen LogP contribution in [0.15, 0.2) is 24.3 Å².